The maximum absolute atomic E-state index is 9.53. The van der Waals surface area contributed by atoms with Gasteiger partial charge in [-0.15, -0.1) is 0 Å². The van der Waals surface area contributed by atoms with Gasteiger partial charge in [0.1, 0.15) is 11.9 Å². The highest BCUT2D eigenvalue weighted by molar-refractivity contribution is 9.10. The second-order valence-electron chi connectivity index (χ2n) is 4.53. The first-order chi connectivity index (χ1) is 8.45. The lowest BCUT2D eigenvalue weighted by Crippen LogP contribution is -2.27. The van der Waals surface area contributed by atoms with Crippen LogP contribution in [0.1, 0.15) is 39.3 Å². The van der Waals surface area contributed by atoms with E-state index in [0.717, 1.165) is 22.3 Å². The third-order valence-corrected chi connectivity index (χ3v) is 3.44. The third-order valence-electron chi connectivity index (χ3n) is 2.94. The molecule has 18 heavy (non-hydrogen) atoms. The molecule has 102 valence electrons. The van der Waals surface area contributed by atoms with E-state index in [1.807, 2.05) is 25.1 Å². The number of aliphatic hydroxyl groups excluding tert-OH is 1. The maximum atomic E-state index is 9.53. The zero-order chi connectivity index (χ0) is 13.7. The van der Waals surface area contributed by atoms with Crippen LogP contribution in [0, 0.1) is 0 Å². The number of benzene rings is 1. The molecule has 0 saturated carbocycles. The summed E-state index contributed by atoms with van der Waals surface area (Å²) < 4.78 is 6.81. The van der Waals surface area contributed by atoms with Crippen LogP contribution in [-0.2, 0) is 0 Å². The van der Waals surface area contributed by atoms with Crippen molar-refractivity contribution in [3.8, 4) is 5.75 Å². The summed E-state index contributed by atoms with van der Waals surface area (Å²) in [4.78, 5) is 0. The first-order valence-corrected chi connectivity index (χ1v) is 7.12. The van der Waals surface area contributed by atoms with Gasteiger partial charge in [-0.3, -0.25) is 0 Å². The second-order valence-corrected chi connectivity index (χ2v) is 5.44. The van der Waals surface area contributed by atoms with Gasteiger partial charge in [-0.2, -0.15) is 0 Å². The molecule has 0 amide bonds. The van der Waals surface area contributed by atoms with Crippen molar-refractivity contribution in [3.05, 3.63) is 28.2 Å². The van der Waals surface area contributed by atoms with Crippen molar-refractivity contribution in [2.45, 2.75) is 45.9 Å². The fraction of sp³-hybridized carbons (Fsp3) is 0.571. The minimum atomic E-state index is -0.494. The second kappa shape index (κ2) is 7.12. The van der Waals surface area contributed by atoms with Crippen molar-refractivity contribution >= 4 is 15.9 Å². The zero-order valence-electron chi connectivity index (χ0n) is 11.4. The van der Waals surface area contributed by atoms with Crippen LogP contribution >= 0.6 is 15.9 Å². The molecule has 0 aliphatic carbocycles. The van der Waals surface area contributed by atoms with Crippen LogP contribution in [0.3, 0.4) is 0 Å². The number of hydrogen-bond acceptors (Lipinski definition) is 3. The van der Waals surface area contributed by atoms with E-state index in [1.165, 1.54) is 0 Å². The van der Waals surface area contributed by atoms with E-state index in [1.54, 1.807) is 6.92 Å². The Morgan fingerprint density at radius 1 is 1.33 bits per heavy atom. The molecule has 0 heterocycles. The van der Waals surface area contributed by atoms with Crippen molar-refractivity contribution in [2.75, 3.05) is 6.54 Å². The molecule has 1 rings (SSSR count). The molecule has 0 fully saturated rings. The zero-order valence-corrected chi connectivity index (χ0v) is 13.0. The number of hydrogen-bond donors (Lipinski definition) is 2. The predicted octanol–water partition coefficient (Wildman–Crippen LogP) is 3.27. The molecule has 0 bridgehead atoms. The predicted molar refractivity (Wildman–Crippen MR) is 78.0 cm³/mol. The monoisotopic (exact) mass is 315 g/mol. The highest BCUT2D eigenvalue weighted by Gasteiger charge is 2.16. The van der Waals surface area contributed by atoms with Crippen LogP contribution in [-0.4, -0.2) is 23.9 Å². The summed E-state index contributed by atoms with van der Waals surface area (Å²) in [7, 11) is 0. The van der Waals surface area contributed by atoms with Gasteiger partial charge in [0.2, 0.25) is 0 Å². The highest BCUT2D eigenvalue weighted by atomic mass is 79.9. The fourth-order valence-electron chi connectivity index (χ4n) is 1.68. The number of halogens is 1. The first-order valence-electron chi connectivity index (χ1n) is 6.33. The van der Waals surface area contributed by atoms with Gasteiger partial charge in [-0.1, -0.05) is 28.9 Å². The molecule has 0 radical (unpaired) electrons. The highest BCUT2D eigenvalue weighted by Crippen LogP contribution is 2.29. The Labute approximate surface area is 118 Å². The molecule has 3 nitrogen and oxygen atoms in total. The summed E-state index contributed by atoms with van der Waals surface area (Å²) in [6, 6.07) is 6.21. The Morgan fingerprint density at radius 2 is 2.00 bits per heavy atom. The van der Waals surface area contributed by atoms with Crippen LogP contribution < -0.4 is 10.1 Å². The molecular weight excluding hydrogens is 294 g/mol. The van der Waals surface area contributed by atoms with Crippen LogP contribution in [0.15, 0.2) is 22.7 Å². The largest absolute Gasteiger partial charge is 0.488 e. The third kappa shape index (κ3) is 4.26. The SMILES string of the molecule is CCNC(C)c1ccc(Br)cc1OC(C)C(C)O. The molecule has 0 aliphatic heterocycles. The quantitative estimate of drug-likeness (QED) is 0.846. The average Bonchev–Trinajstić information content (AvgIpc) is 2.29. The van der Waals surface area contributed by atoms with Gasteiger partial charge < -0.3 is 15.2 Å². The topological polar surface area (TPSA) is 41.5 Å². The lowest BCUT2D eigenvalue weighted by molar-refractivity contribution is 0.0595. The standard InChI is InChI=1S/C14H22BrNO2/c1-5-16-9(2)13-7-6-12(15)8-14(13)18-11(4)10(3)17/h6-11,16-17H,5H2,1-4H3. The van der Waals surface area contributed by atoms with Crippen molar-refractivity contribution in [1.29, 1.82) is 0 Å². The number of nitrogens with one attached hydrogen (secondary N) is 1. The van der Waals surface area contributed by atoms with E-state index in [9.17, 15) is 5.11 Å². The van der Waals surface area contributed by atoms with E-state index < -0.39 is 6.10 Å². The summed E-state index contributed by atoms with van der Waals surface area (Å²) in [5, 5.41) is 12.9. The van der Waals surface area contributed by atoms with Gasteiger partial charge >= 0.3 is 0 Å². The first kappa shape index (κ1) is 15.5. The van der Waals surface area contributed by atoms with Crippen molar-refractivity contribution in [3.63, 3.8) is 0 Å². The lowest BCUT2D eigenvalue weighted by Gasteiger charge is -2.22. The van der Waals surface area contributed by atoms with E-state index in [0.29, 0.717) is 0 Å². The molecule has 3 unspecified atom stereocenters. The van der Waals surface area contributed by atoms with Gasteiger partial charge in [-0.25, -0.2) is 0 Å². The normalized spacial score (nSPS) is 16.1. The summed E-state index contributed by atoms with van der Waals surface area (Å²) >= 11 is 3.45. The Hall–Kier alpha value is -0.580. The van der Waals surface area contributed by atoms with Gasteiger partial charge in [0.25, 0.3) is 0 Å². The van der Waals surface area contributed by atoms with Crippen molar-refractivity contribution in [2.24, 2.45) is 0 Å². The molecule has 0 aliphatic rings. The van der Waals surface area contributed by atoms with E-state index >= 15 is 0 Å². The molecule has 1 aromatic carbocycles. The molecular formula is C14H22BrNO2. The van der Waals surface area contributed by atoms with Gasteiger partial charge in [0.15, 0.2) is 0 Å². The average molecular weight is 316 g/mol. The summed E-state index contributed by atoms with van der Waals surface area (Å²) in [5.41, 5.74) is 1.10. The smallest absolute Gasteiger partial charge is 0.125 e. The molecule has 4 heteroatoms. The molecule has 1 aromatic rings. The summed E-state index contributed by atoms with van der Waals surface area (Å²) in [6.07, 6.45) is -0.724. The molecule has 0 saturated heterocycles. The Kier molecular flexibility index (Phi) is 6.12. The van der Waals surface area contributed by atoms with Gasteiger partial charge in [-0.05, 0) is 39.4 Å². The summed E-state index contributed by atoms with van der Waals surface area (Å²) in [5.74, 6) is 0.811. The number of aliphatic hydroxyl groups is 1. The summed E-state index contributed by atoms with van der Waals surface area (Å²) in [6.45, 7) is 8.69. The minimum Gasteiger partial charge on any atom is -0.488 e. The van der Waals surface area contributed by atoms with Crippen LogP contribution in [0.5, 0.6) is 5.75 Å². The molecule has 3 atom stereocenters. The minimum absolute atomic E-state index is 0.222. The van der Waals surface area contributed by atoms with Crippen LogP contribution in [0.2, 0.25) is 0 Å². The molecule has 0 spiro atoms. The van der Waals surface area contributed by atoms with E-state index in [4.69, 9.17) is 4.74 Å². The van der Waals surface area contributed by atoms with Crippen molar-refractivity contribution < 1.29 is 9.84 Å². The molecule has 2 N–H and O–H groups in total. The van der Waals surface area contributed by atoms with E-state index in [-0.39, 0.29) is 12.1 Å². The van der Waals surface area contributed by atoms with Crippen molar-refractivity contribution in [1.82, 2.24) is 5.32 Å². The Morgan fingerprint density at radius 3 is 2.56 bits per heavy atom. The fourth-order valence-corrected chi connectivity index (χ4v) is 2.02. The Balaban J connectivity index is 2.96. The van der Waals surface area contributed by atoms with Crippen LogP contribution in [0.25, 0.3) is 0 Å². The maximum Gasteiger partial charge on any atom is 0.125 e. The Bertz CT molecular complexity index is 382. The van der Waals surface area contributed by atoms with Gasteiger partial charge in [0, 0.05) is 16.1 Å². The number of ether oxygens (including phenoxy) is 1. The van der Waals surface area contributed by atoms with Crippen LogP contribution in [0.4, 0.5) is 0 Å². The van der Waals surface area contributed by atoms with E-state index in [2.05, 4.69) is 35.1 Å². The molecule has 0 aromatic heterocycles. The lowest BCUT2D eigenvalue weighted by atomic mass is 10.1. The van der Waals surface area contributed by atoms with Gasteiger partial charge in [0.05, 0.1) is 6.10 Å². The number of rotatable bonds is 6.